The molecule has 0 spiro atoms. The molecule has 1 aliphatic carbocycles. The van der Waals surface area contributed by atoms with Gasteiger partial charge in [0, 0.05) is 23.4 Å². The van der Waals surface area contributed by atoms with Gasteiger partial charge in [0.25, 0.3) is 0 Å². The summed E-state index contributed by atoms with van der Waals surface area (Å²) in [6.45, 7) is 2.87. The lowest BCUT2D eigenvalue weighted by Crippen LogP contribution is -2.13. The quantitative estimate of drug-likeness (QED) is 0.894. The fraction of sp³-hybridized carbons (Fsp3) is 0.375. The van der Waals surface area contributed by atoms with Gasteiger partial charge in [0.1, 0.15) is 11.6 Å². The van der Waals surface area contributed by atoms with E-state index in [9.17, 15) is 4.39 Å². The zero-order valence-electron chi connectivity index (χ0n) is 11.9. The van der Waals surface area contributed by atoms with Crippen molar-refractivity contribution in [1.82, 2.24) is 9.97 Å². The molecule has 1 aromatic carbocycles. The fourth-order valence-electron chi connectivity index (χ4n) is 2.67. The Bertz CT molecular complexity index is 673. The molecule has 0 bridgehead atoms. The van der Waals surface area contributed by atoms with Gasteiger partial charge in [-0.3, -0.25) is 0 Å². The van der Waals surface area contributed by atoms with Crippen LogP contribution in [0.15, 0.2) is 22.7 Å². The van der Waals surface area contributed by atoms with Crippen LogP contribution in [0.5, 0.6) is 0 Å². The first-order valence-electron chi connectivity index (χ1n) is 7.28. The van der Waals surface area contributed by atoms with E-state index in [1.807, 2.05) is 6.07 Å². The van der Waals surface area contributed by atoms with Gasteiger partial charge in [-0.25, -0.2) is 14.4 Å². The fourth-order valence-corrected chi connectivity index (χ4v) is 2.92. The molecule has 5 heteroatoms. The van der Waals surface area contributed by atoms with Crippen LogP contribution in [0.3, 0.4) is 0 Å². The first-order valence-corrected chi connectivity index (χ1v) is 8.07. The van der Waals surface area contributed by atoms with Crippen LogP contribution >= 0.6 is 15.9 Å². The van der Waals surface area contributed by atoms with E-state index >= 15 is 0 Å². The van der Waals surface area contributed by atoms with Crippen LogP contribution in [-0.4, -0.2) is 16.5 Å². The molecule has 0 aliphatic heterocycles. The summed E-state index contributed by atoms with van der Waals surface area (Å²) in [5.41, 5.74) is 3.04. The van der Waals surface area contributed by atoms with Gasteiger partial charge in [-0.1, -0.05) is 0 Å². The van der Waals surface area contributed by atoms with Crippen molar-refractivity contribution < 1.29 is 4.39 Å². The van der Waals surface area contributed by atoms with Gasteiger partial charge in [0.2, 0.25) is 0 Å². The molecular weight excluding hydrogens is 333 g/mol. The molecule has 1 N–H and O–H groups in total. The normalized spacial score (nSPS) is 13.9. The minimum absolute atomic E-state index is 0.293. The summed E-state index contributed by atoms with van der Waals surface area (Å²) in [7, 11) is 0. The van der Waals surface area contributed by atoms with Gasteiger partial charge in [-0.05, 0) is 66.7 Å². The maximum Gasteiger partial charge on any atom is 0.161 e. The predicted octanol–water partition coefficient (Wildman–Crippen LogP) is 4.36. The zero-order chi connectivity index (χ0) is 14.8. The Balaban J connectivity index is 2.09. The lowest BCUT2D eigenvalue weighted by Gasteiger charge is -2.19. The third-order valence-electron chi connectivity index (χ3n) is 3.71. The average molecular weight is 350 g/mol. The van der Waals surface area contributed by atoms with Crippen molar-refractivity contribution in [2.24, 2.45) is 0 Å². The number of fused-ring (bicyclic) bond motifs is 1. The monoisotopic (exact) mass is 349 g/mol. The Morgan fingerprint density at radius 1 is 1.24 bits per heavy atom. The van der Waals surface area contributed by atoms with Gasteiger partial charge >= 0.3 is 0 Å². The third kappa shape index (κ3) is 2.93. The standard InChI is InChI=1S/C16H17BrFN3/c1-2-19-16-11-5-3-4-6-14(11)20-15(21-16)10-7-8-12(17)13(18)9-10/h7-9H,2-6H2,1H3,(H,19,20,21). The van der Waals surface area contributed by atoms with Crippen LogP contribution in [0.25, 0.3) is 11.4 Å². The van der Waals surface area contributed by atoms with Crippen LogP contribution in [0.2, 0.25) is 0 Å². The highest BCUT2D eigenvalue weighted by atomic mass is 79.9. The van der Waals surface area contributed by atoms with Gasteiger partial charge < -0.3 is 5.32 Å². The van der Waals surface area contributed by atoms with Crippen molar-refractivity contribution in [2.45, 2.75) is 32.6 Å². The number of benzene rings is 1. The Hall–Kier alpha value is -1.49. The molecule has 1 aromatic heterocycles. The smallest absolute Gasteiger partial charge is 0.161 e. The summed E-state index contributed by atoms with van der Waals surface area (Å²) in [4.78, 5) is 9.28. The van der Waals surface area contributed by atoms with Gasteiger partial charge in [0.15, 0.2) is 5.82 Å². The topological polar surface area (TPSA) is 37.8 Å². The zero-order valence-corrected chi connectivity index (χ0v) is 13.5. The molecule has 3 nitrogen and oxygen atoms in total. The summed E-state index contributed by atoms with van der Waals surface area (Å²) >= 11 is 3.17. The van der Waals surface area contributed by atoms with E-state index in [2.05, 4.69) is 38.1 Å². The number of halogens is 2. The first kappa shape index (κ1) is 14.4. The molecule has 1 heterocycles. The highest BCUT2D eigenvalue weighted by Gasteiger charge is 2.18. The number of anilines is 1. The number of hydrogen-bond donors (Lipinski definition) is 1. The number of rotatable bonds is 3. The van der Waals surface area contributed by atoms with E-state index < -0.39 is 0 Å². The average Bonchev–Trinajstić information content (AvgIpc) is 2.50. The number of aromatic nitrogens is 2. The van der Waals surface area contributed by atoms with E-state index in [-0.39, 0.29) is 5.82 Å². The van der Waals surface area contributed by atoms with Crippen molar-refractivity contribution in [3.63, 3.8) is 0 Å². The van der Waals surface area contributed by atoms with Crippen LogP contribution in [-0.2, 0) is 12.8 Å². The van der Waals surface area contributed by atoms with E-state index in [1.54, 1.807) is 6.07 Å². The second kappa shape index (κ2) is 6.10. The Labute approximate surface area is 132 Å². The number of nitrogens with zero attached hydrogens (tertiary/aromatic N) is 2. The Morgan fingerprint density at radius 2 is 2.05 bits per heavy atom. The molecular formula is C16H17BrFN3. The molecule has 0 atom stereocenters. The van der Waals surface area contributed by atoms with Crippen molar-refractivity contribution in [3.05, 3.63) is 39.7 Å². The molecule has 0 fully saturated rings. The maximum atomic E-state index is 13.7. The SMILES string of the molecule is CCNc1nc(-c2ccc(Br)c(F)c2)nc2c1CCCC2. The Kier molecular flexibility index (Phi) is 4.19. The lowest BCUT2D eigenvalue weighted by molar-refractivity contribution is 0.621. The highest BCUT2D eigenvalue weighted by molar-refractivity contribution is 9.10. The molecule has 1 aliphatic rings. The van der Waals surface area contributed by atoms with Crippen molar-refractivity contribution in [1.29, 1.82) is 0 Å². The van der Waals surface area contributed by atoms with E-state index in [0.29, 0.717) is 15.9 Å². The van der Waals surface area contributed by atoms with E-state index in [4.69, 9.17) is 0 Å². The van der Waals surface area contributed by atoms with Crippen LogP contribution in [0, 0.1) is 5.82 Å². The molecule has 3 rings (SSSR count). The summed E-state index contributed by atoms with van der Waals surface area (Å²) in [5, 5.41) is 3.32. The van der Waals surface area contributed by atoms with Crippen molar-refractivity contribution in [3.8, 4) is 11.4 Å². The maximum absolute atomic E-state index is 13.7. The second-order valence-corrected chi connectivity index (χ2v) is 6.04. The van der Waals surface area contributed by atoms with Crippen molar-refractivity contribution in [2.75, 3.05) is 11.9 Å². The summed E-state index contributed by atoms with van der Waals surface area (Å²) < 4.78 is 14.2. The third-order valence-corrected chi connectivity index (χ3v) is 4.35. The number of nitrogens with one attached hydrogen (secondary N) is 1. The van der Waals surface area contributed by atoms with Gasteiger partial charge in [-0.15, -0.1) is 0 Å². The molecule has 2 aromatic rings. The van der Waals surface area contributed by atoms with Crippen molar-refractivity contribution >= 4 is 21.7 Å². The minimum atomic E-state index is -0.293. The predicted molar refractivity (Wildman–Crippen MR) is 85.9 cm³/mol. The largest absolute Gasteiger partial charge is 0.370 e. The highest BCUT2D eigenvalue weighted by Crippen LogP contribution is 2.29. The lowest BCUT2D eigenvalue weighted by atomic mass is 9.96. The van der Waals surface area contributed by atoms with Gasteiger partial charge in [-0.2, -0.15) is 0 Å². The molecule has 0 saturated carbocycles. The first-order chi connectivity index (χ1) is 10.2. The molecule has 0 saturated heterocycles. The molecule has 0 radical (unpaired) electrons. The van der Waals surface area contributed by atoms with Crippen LogP contribution < -0.4 is 5.32 Å². The molecule has 110 valence electrons. The molecule has 0 amide bonds. The number of hydrogen-bond acceptors (Lipinski definition) is 3. The summed E-state index contributed by atoms with van der Waals surface area (Å²) in [5.74, 6) is 1.21. The van der Waals surface area contributed by atoms with E-state index in [1.165, 1.54) is 18.1 Å². The summed E-state index contributed by atoms with van der Waals surface area (Å²) in [6.07, 6.45) is 4.33. The van der Waals surface area contributed by atoms with Crippen LogP contribution in [0.1, 0.15) is 31.0 Å². The van der Waals surface area contributed by atoms with Crippen LogP contribution in [0.4, 0.5) is 10.2 Å². The van der Waals surface area contributed by atoms with E-state index in [0.717, 1.165) is 37.3 Å². The minimum Gasteiger partial charge on any atom is -0.370 e. The number of aryl methyl sites for hydroxylation is 1. The second-order valence-electron chi connectivity index (χ2n) is 5.19. The van der Waals surface area contributed by atoms with Gasteiger partial charge in [0.05, 0.1) is 4.47 Å². The molecule has 21 heavy (non-hydrogen) atoms. The Morgan fingerprint density at radius 3 is 2.81 bits per heavy atom. The summed E-state index contributed by atoms with van der Waals surface area (Å²) in [6, 6.07) is 5.01. The molecule has 0 unspecified atom stereocenters.